The lowest BCUT2D eigenvalue weighted by Crippen LogP contribution is -2.54. The second-order valence-corrected chi connectivity index (χ2v) is 8.91. The molecule has 0 spiro atoms. The summed E-state index contributed by atoms with van der Waals surface area (Å²) in [6.45, 7) is 4.30. The molecule has 1 unspecified atom stereocenters. The van der Waals surface area contributed by atoms with E-state index in [2.05, 4.69) is 0 Å². The molecule has 0 heterocycles. The Hall–Kier alpha value is -3.74. The number of hydrogen-bond acceptors (Lipinski definition) is 3. The summed E-state index contributed by atoms with van der Waals surface area (Å²) in [6.07, 6.45) is -0.512. The van der Waals surface area contributed by atoms with Crippen LogP contribution in [0, 0.1) is 18.6 Å². The predicted octanol–water partition coefficient (Wildman–Crippen LogP) is 6.23. The fraction of sp³-hybridized carbons (Fsp3) is 0.286. The number of rotatable bonds is 7. The van der Waals surface area contributed by atoms with Gasteiger partial charge in [-0.25, -0.2) is 18.4 Å². The van der Waals surface area contributed by atoms with Crippen LogP contribution in [0.1, 0.15) is 48.4 Å². The maximum atomic E-state index is 14.9. The maximum Gasteiger partial charge on any atom is 0.411 e. The van der Waals surface area contributed by atoms with Crippen molar-refractivity contribution >= 4 is 12.1 Å². The number of carbonyl (C=O) groups is 2. The summed E-state index contributed by atoms with van der Waals surface area (Å²) >= 11 is 0. The van der Waals surface area contributed by atoms with E-state index in [9.17, 15) is 23.5 Å². The van der Waals surface area contributed by atoms with Gasteiger partial charge in [0, 0.05) is 18.0 Å². The molecule has 0 saturated heterocycles. The van der Waals surface area contributed by atoms with Crippen LogP contribution in [0.25, 0.3) is 11.1 Å². The summed E-state index contributed by atoms with van der Waals surface area (Å²) in [5.41, 5.74) is 1.57. The number of aryl methyl sites for hydroxylation is 1. The SMILES string of the molecule is CCCN(C(=O)OCC1c2ccccc2-c2ccccc21)C(C)(C(=O)O)c1cc(F)c(C)cc1F. The minimum Gasteiger partial charge on any atom is -0.479 e. The molecule has 0 saturated carbocycles. The van der Waals surface area contributed by atoms with Crippen LogP contribution in [0.15, 0.2) is 60.7 Å². The van der Waals surface area contributed by atoms with Crippen molar-refractivity contribution in [2.75, 3.05) is 13.2 Å². The molecule has 3 aromatic carbocycles. The molecule has 0 radical (unpaired) electrons. The Balaban J connectivity index is 1.66. The molecular weight excluding hydrogens is 452 g/mol. The third-order valence-corrected chi connectivity index (χ3v) is 6.73. The molecule has 1 N–H and O–H groups in total. The Bertz CT molecular complexity index is 1250. The molecule has 3 aromatic rings. The number of aliphatic carboxylic acids is 1. The number of fused-ring (bicyclic) bond motifs is 3. The van der Waals surface area contributed by atoms with Gasteiger partial charge < -0.3 is 9.84 Å². The average Bonchev–Trinajstić information content (AvgIpc) is 3.16. The number of ether oxygens (including phenoxy) is 1. The van der Waals surface area contributed by atoms with Crippen LogP contribution in [0.3, 0.4) is 0 Å². The van der Waals surface area contributed by atoms with E-state index in [-0.39, 0.29) is 24.6 Å². The monoisotopic (exact) mass is 479 g/mol. The molecule has 0 fully saturated rings. The van der Waals surface area contributed by atoms with Crippen molar-refractivity contribution < 1.29 is 28.2 Å². The van der Waals surface area contributed by atoms with E-state index in [1.165, 1.54) is 13.8 Å². The highest BCUT2D eigenvalue weighted by molar-refractivity contribution is 5.86. The van der Waals surface area contributed by atoms with Crippen LogP contribution in [-0.2, 0) is 15.1 Å². The van der Waals surface area contributed by atoms with E-state index in [0.717, 1.165) is 39.3 Å². The van der Waals surface area contributed by atoms with Crippen molar-refractivity contribution in [3.05, 3.63) is 94.6 Å². The highest BCUT2D eigenvalue weighted by atomic mass is 19.1. The first-order valence-electron chi connectivity index (χ1n) is 11.5. The number of halogens is 2. The molecule has 1 atom stereocenters. The van der Waals surface area contributed by atoms with Gasteiger partial charge in [0.1, 0.15) is 18.2 Å². The fourth-order valence-electron chi connectivity index (χ4n) is 4.79. The smallest absolute Gasteiger partial charge is 0.411 e. The van der Waals surface area contributed by atoms with Gasteiger partial charge >= 0.3 is 12.1 Å². The highest BCUT2D eigenvalue weighted by Gasteiger charge is 2.47. The van der Waals surface area contributed by atoms with Gasteiger partial charge in [0.2, 0.25) is 0 Å². The normalized spacial score (nSPS) is 14.1. The minimum absolute atomic E-state index is 0.0194. The molecule has 1 aliphatic carbocycles. The molecule has 0 aliphatic heterocycles. The number of nitrogens with zero attached hydrogens (tertiary/aromatic N) is 1. The summed E-state index contributed by atoms with van der Waals surface area (Å²) in [7, 11) is 0. The topological polar surface area (TPSA) is 66.8 Å². The fourth-order valence-corrected chi connectivity index (χ4v) is 4.79. The van der Waals surface area contributed by atoms with Crippen LogP contribution >= 0.6 is 0 Å². The van der Waals surface area contributed by atoms with E-state index in [1.807, 2.05) is 48.5 Å². The van der Waals surface area contributed by atoms with E-state index in [1.54, 1.807) is 6.92 Å². The Kier molecular flexibility index (Phi) is 6.61. The zero-order valence-corrected chi connectivity index (χ0v) is 19.8. The standard InChI is InChI=1S/C28H27F2NO4/c1-4-13-31(28(3,26(32)33)23-15-24(29)17(2)14-25(23)30)27(34)35-16-22-20-11-7-5-9-18(20)19-10-6-8-12-21(19)22/h5-12,14-15,22H,4,13,16H2,1-3H3,(H,32,33). The highest BCUT2D eigenvalue weighted by Crippen LogP contribution is 2.44. The van der Waals surface area contributed by atoms with Crippen LogP contribution < -0.4 is 0 Å². The first-order valence-corrected chi connectivity index (χ1v) is 11.5. The first-order chi connectivity index (χ1) is 16.7. The van der Waals surface area contributed by atoms with Gasteiger partial charge in [0.25, 0.3) is 0 Å². The zero-order chi connectivity index (χ0) is 25.3. The van der Waals surface area contributed by atoms with Crippen molar-refractivity contribution in [2.45, 2.75) is 38.6 Å². The molecule has 4 rings (SSSR count). The summed E-state index contributed by atoms with van der Waals surface area (Å²) < 4.78 is 34.9. The molecule has 1 amide bonds. The second-order valence-electron chi connectivity index (χ2n) is 8.91. The summed E-state index contributed by atoms with van der Waals surface area (Å²) in [5, 5.41) is 10.1. The van der Waals surface area contributed by atoms with Gasteiger partial charge in [-0.1, -0.05) is 55.5 Å². The van der Waals surface area contributed by atoms with Crippen LogP contribution in [0.4, 0.5) is 13.6 Å². The van der Waals surface area contributed by atoms with Crippen molar-refractivity contribution in [2.24, 2.45) is 0 Å². The molecule has 0 aromatic heterocycles. The molecule has 35 heavy (non-hydrogen) atoms. The van der Waals surface area contributed by atoms with Crippen LogP contribution in [-0.4, -0.2) is 35.2 Å². The third kappa shape index (κ3) is 4.16. The quantitative estimate of drug-likeness (QED) is 0.436. The summed E-state index contributed by atoms with van der Waals surface area (Å²) in [4.78, 5) is 26.7. The van der Waals surface area contributed by atoms with Gasteiger partial charge in [-0.15, -0.1) is 0 Å². The van der Waals surface area contributed by atoms with Crippen molar-refractivity contribution in [1.29, 1.82) is 0 Å². The Labute approximate surface area is 203 Å². The molecule has 7 heteroatoms. The van der Waals surface area contributed by atoms with Crippen molar-refractivity contribution in [3.63, 3.8) is 0 Å². The number of hydrogen-bond donors (Lipinski definition) is 1. The zero-order valence-electron chi connectivity index (χ0n) is 19.8. The predicted molar refractivity (Wildman–Crippen MR) is 128 cm³/mol. The van der Waals surface area contributed by atoms with Crippen molar-refractivity contribution in [1.82, 2.24) is 4.90 Å². The Morgan fingerprint density at radius 1 is 1.00 bits per heavy atom. The molecule has 0 bridgehead atoms. The van der Waals surface area contributed by atoms with Crippen LogP contribution in [0.2, 0.25) is 0 Å². The van der Waals surface area contributed by atoms with E-state index < -0.39 is 34.8 Å². The largest absolute Gasteiger partial charge is 0.479 e. The maximum absolute atomic E-state index is 14.9. The van der Waals surface area contributed by atoms with Crippen molar-refractivity contribution in [3.8, 4) is 11.1 Å². The number of carboxylic acids is 1. The van der Waals surface area contributed by atoms with Gasteiger partial charge in [-0.05, 0) is 60.2 Å². The lowest BCUT2D eigenvalue weighted by atomic mass is 9.88. The Morgan fingerprint density at radius 2 is 1.57 bits per heavy atom. The van der Waals surface area contributed by atoms with Gasteiger partial charge in [0.15, 0.2) is 5.54 Å². The number of benzene rings is 3. The van der Waals surface area contributed by atoms with E-state index in [4.69, 9.17) is 4.74 Å². The van der Waals surface area contributed by atoms with Crippen LogP contribution in [0.5, 0.6) is 0 Å². The number of carboxylic acid groups (broad SMARTS) is 1. The van der Waals surface area contributed by atoms with E-state index >= 15 is 0 Å². The first kappa shape index (κ1) is 24.4. The lowest BCUT2D eigenvalue weighted by molar-refractivity contribution is -0.150. The average molecular weight is 480 g/mol. The second kappa shape index (κ2) is 9.49. The van der Waals surface area contributed by atoms with Gasteiger partial charge in [-0.2, -0.15) is 0 Å². The summed E-state index contributed by atoms with van der Waals surface area (Å²) in [6, 6.07) is 17.5. The lowest BCUT2D eigenvalue weighted by Gasteiger charge is -2.37. The number of carbonyl (C=O) groups excluding carboxylic acids is 1. The minimum atomic E-state index is -2.17. The number of amides is 1. The molecule has 182 valence electrons. The summed E-state index contributed by atoms with van der Waals surface area (Å²) in [5.74, 6) is -3.36. The molecule has 5 nitrogen and oxygen atoms in total. The molecular formula is C28H27F2NO4. The van der Waals surface area contributed by atoms with Gasteiger partial charge in [0.05, 0.1) is 0 Å². The third-order valence-electron chi connectivity index (χ3n) is 6.73. The van der Waals surface area contributed by atoms with Gasteiger partial charge in [-0.3, -0.25) is 4.90 Å². The van der Waals surface area contributed by atoms with E-state index in [0.29, 0.717) is 6.42 Å². The Morgan fingerprint density at radius 3 is 2.11 bits per heavy atom. The molecule has 1 aliphatic rings.